The zero-order chi connectivity index (χ0) is 17.8. The Morgan fingerprint density at radius 3 is 2.56 bits per heavy atom. The van der Waals surface area contributed by atoms with Crippen LogP contribution in [0.3, 0.4) is 0 Å². The van der Waals surface area contributed by atoms with E-state index in [2.05, 4.69) is 10.3 Å². The van der Waals surface area contributed by atoms with E-state index >= 15 is 0 Å². The number of nitrogens with zero attached hydrogens (tertiary/aromatic N) is 1. The number of para-hydroxylation sites is 1. The molecule has 0 bridgehead atoms. The molecule has 1 heterocycles. The lowest BCUT2D eigenvalue weighted by Crippen LogP contribution is -2.30. The molecule has 0 fully saturated rings. The lowest BCUT2D eigenvalue weighted by atomic mass is 10.2. The first-order chi connectivity index (χ1) is 12.1. The average molecular weight is 333 g/mol. The minimum Gasteiger partial charge on any atom is -0.448 e. The van der Waals surface area contributed by atoms with E-state index in [-0.39, 0.29) is 0 Å². The van der Waals surface area contributed by atoms with Crippen LogP contribution in [0.2, 0.25) is 0 Å². The zero-order valence-electron chi connectivity index (χ0n) is 13.4. The van der Waals surface area contributed by atoms with Gasteiger partial charge in [0.1, 0.15) is 5.69 Å². The van der Waals surface area contributed by atoms with Crippen LogP contribution in [0, 0.1) is 11.3 Å². The second-order valence-electron chi connectivity index (χ2n) is 5.50. The molecule has 0 aliphatic rings. The molecule has 0 aliphatic heterocycles. The number of ether oxygens (including phenoxy) is 1. The van der Waals surface area contributed by atoms with Crippen molar-refractivity contribution in [3.8, 4) is 6.07 Å². The third-order valence-corrected chi connectivity index (χ3v) is 3.68. The predicted octanol–water partition coefficient (Wildman–Crippen LogP) is 3.22. The molecule has 2 aromatic carbocycles. The van der Waals surface area contributed by atoms with Crippen LogP contribution in [0.1, 0.15) is 23.0 Å². The molecule has 6 nitrogen and oxygen atoms in total. The van der Waals surface area contributed by atoms with Crippen molar-refractivity contribution < 1.29 is 14.3 Å². The highest BCUT2D eigenvalue weighted by Gasteiger charge is 2.20. The maximum atomic E-state index is 12.2. The van der Waals surface area contributed by atoms with Crippen LogP contribution in [0.15, 0.2) is 54.6 Å². The Morgan fingerprint density at radius 2 is 1.88 bits per heavy atom. The molecule has 0 saturated carbocycles. The van der Waals surface area contributed by atoms with Crippen LogP contribution in [0.4, 0.5) is 5.69 Å². The first-order valence-electron chi connectivity index (χ1n) is 7.66. The molecule has 6 heteroatoms. The Labute approximate surface area is 144 Å². The molecule has 0 unspecified atom stereocenters. The van der Waals surface area contributed by atoms with Crippen molar-refractivity contribution in [3.05, 3.63) is 65.9 Å². The topological polar surface area (TPSA) is 95.0 Å². The Balaban J connectivity index is 1.63. The van der Waals surface area contributed by atoms with Gasteiger partial charge in [0.15, 0.2) is 6.10 Å². The van der Waals surface area contributed by atoms with Crippen LogP contribution in [-0.2, 0) is 9.53 Å². The highest BCUT2D eigenvalue weighted by atomic mass is 16.5. The van der Waals surface area contributed by atoms with E-state index in [0.29, 0.717) is 16.9 Å². The Morgan fingerprint density at radius 1 is 1.16 bits per heavy atom. The summed E-state index contributed by atoms with van der Waals surface area (Å²) >= 11 is 0. The summed E-state index contributed by atoms with van der Waals surface area (Å²) in [7, 11) is 0. The molecule has 0 aliphatic carbocycles. The fourth-order valence-corrected chi connectivity index (χ4v) is 2.33. The monoisotopic (exact) mass is 333 g/mol. The molecule has 25 heavy (non-hydrogen) atoms. The van der Waals surface area contributed by atoms with Crippen molar-refractivity contribution in [1.82, 2.24) is 4.98 Å². The maximum absolute atomic E-state index is 12.2. The number of H-pyrrole nitrogens is 1. The predicted molar refractivity (Wildman–Crippen MR) is 93.0 cm³/mol. The second-order valence-corrected chi connectivity index (χ2v) is 5.50. The standard InChI is InChI=1S/C19H15N3O3/c1-12(18(23)21-15-8-6-13(11-20)7-9-15)25-19(24)17-10-14-4-2-3-5-16(14)22-17/h2-10,12,22H,1H3,(H,21,23)/t12-/m1/s1. The quantitative estimate of drug-likeness (QED) is 0.717. The SMILES string of the molecule is C[C@@H](OC(=O)c1cc2ccccc2[nH]1)C(=O)Nc1ccc(C#N)cc1. The number of nitrogens with one attached hydrogen (secondary N) is 2. The fourth-order valence-electron chi connectivity index (χ4n) is 2.33. The number of amides is 1. The lowest BCUT2D eigenvalue weighted by Gasteiger charge is -2.13. The minimum absolute atomic E-state index is 0.291. The highest BCUT2D eigenvalue weighted by Crippen LogP contribution is 2.16. The van der Waals surface area contributed by atoms with Gasteiger partial charge in [0.05, 0.1) is 11.6 Å². The summed E-state index contributed by atoms with van der Waals surface area (Å²) in [6.07, 6.45) is -0.963. The van der Waals surface area contributed by atoms with Crippen LogP contribution >= 0.6 is 0 Å². The number of esters is 1. The lowest BCUT2D eigenvalue weighted by molar-refractivity contribution is -0.123. The number of rotatable bonds is 4. The van der Waals surface area contributed by atoms with Crippen molar-refractivity contribution in [2.75, 3.05) is 5.32 Å². The molecular weight excluding hydrogens is 318 g/mol. The first kappa shape index (κ1) is 16.3. The Hall–Kier alpha value is -3.59. The van der Waals surface area contributed by atoms with E-state index in [0.717, 1.165) is 10.9 Å². The van der Waals surface area contributed by atoms with Gasteiger partial charge in [0.25, 0.3) is 5.91 Å². The van der Waals surface area contributed by atoms with E-state index in [1.807, 2.05) is 30.3 Å². The van der Waals surface area contributed by atoms with Crippen molar-refractivity contribution in [1.29, 1.82) is 5.26 Å². The summed E-state index contributed by atoms with van der Waals surface area (Å²) in [5.41, 5.74) is 2.14. The largest absolute Gasteiger partial charge is 0.448 e. The number of anilines is 1. The zero-order valence-corrected chi connectivity index (χ0v) is 13.4. The third-order valence-electron chi connectivity index (χ3n) is 3.68. The molecule has 0 spiro atoms. The van der Waals surface area contributed by atoms with E-state index in [1.54, 1.807) is 30.3 Å². The molecule has 0 radical (unpaired) electrons. The number of hydrogen-bond acceptors (Lipinski definition) is 4. The van der Waals surface area contributed by atoms with Gasteiger partial charge in [0.2, 0.25) is 0 Å². The van der Waals surface area contributed by atoms with E-state index in [9.17, 15) is 9.59 Å². The number of carbonyl (C=O) groups excluding carboxylic acids is 2. The van der Waals surface area contributed by atoms with Gasteiger partial charge in [-0.25, -0.2) is 4.79 Å². The normalized spacial score (nSPS) is 11.5. The second kappa shape index (κ2) is 6.89. The van der Waals surface area contributed by atoms with Gasteiger partial charge in [-0.1, -0.05) is 18.2 Å². The number of carbonyl (C=O) groups is 2. The van der Waals surface area contributed by atoms with E-state index in [4.69, 9.17) is 10.00 Å². The number of benzene rings is 2. The molecule has 2 N–H and O–H groups in total. The highest BCUT2D eigenvalue weighted by molar-refractivity contribution is 5.98. The van der Waals surface area contributed by atoms with Gasteiger partial charge >= 0.3 is 5.97 Å². The van der Waals surface area contributed by atoms with E-state index < -0.39 is 18.0 Å². The van der Waals surface area contributed by atoms with Crippen molar-refractivity contribution in [2.24, 2.45) is 0 Å². The minimum atomic E-state index is -0.963. The van der Waals surface area contributed by atoms with Crippen molar-refractivity contribution in [2.45, 2.75) is 13.0 Å². The molecule has 1 amide bonds. The van der Waals surface area contributed by atoms with Crippen molar-refractivity contribution >= 4 is 28.5 Å². The molecule has 0 saturated heterocycles. The van der Waals surface area contributed by atoms with Crippen molar-refractivity contribution in [3.63, 3.8) is 0 Å². The summed E-state index contributed by atoms with van der Waals surface area (Å²) in [4.78, 5) is 27.3. The van der Waals surface area contributed by atoms with Crippen LogP contribution in [0.25, 0.3) is 10.9 Å². The number of hydrogen-bond donors (Lipinski definition) is 2. The number of fused-ring (bicyclic) bond motifs is 1. The van der Waals surface area contributed by atoms with Crippen LogP contribution in [0.5, 0.6) is 0 Å². The summed E-state index contributed by atoms with van der Waals surface area (Å²) < 4.78 is 5.21. The van der Waals surface area contributed by atoms with Gasteiger partial charge in [-0.15, -0.1) is 0 Å². The van der Waals surface area contributed by atoms with Gasteiger partial charge in [-0.3, -0.25) is 4.79 Å². The number of nitriles is 1. The third kappa shape index (κ3) is 3.67. The molecule has 1 aromatic heterocycles. The first-order valence-corrected chi connectivity index (χ1v) is 7.66. The molecular formula is C19H15N3O3. The number of aromatic nitrogens is 1. The fraction of sp³-hybridized carbons (Fsp3) is 0.105. The smallest absolute Gasteiger partial charge is 0.355 e. The maximum Gasteiger partial charge on any atom is 0.355 e. The van der Waals surface area contributed by atoms with Gasteiger partial charge in [-0.05, 0) is 43.3 Å². The van der Waals surface area contributed by atoms with Crippen LogP contribution in [-0.4, -0.2) is 23.0 Å². The summed E-state index contributed by atoms with van der Waals surface area (Å²) in [6.45, 7) is 1.50. The van der Waals surface area contributed by atoms with E-state index in [1.165, 1.54) is 6.92 Å². The summed E-state index contributed by atoms with van der Waals surface area (Å²) in [5.74, 6) is -1.05. The van der Waals surface area contributed by atoms with Gasteiger partial charge in [0, 0.05) is 16.6 Å². The molecule has 3 aromatic rings. The Bertz CT molecular complexity index is 934. The average Bonchev–Trinajstić information content (AvgIpc) is 3.06. The molecule has 1 atom stereocenters. The summed E-state index contributed by atoms with van der Waals surface area (Å²) in [6, 6.07) is 17.6. The number of aromatic amines is 1. The van der Waals surface area contributed by atoms with Gasteiger partial charge in [-0.2, -0.15) is 5.26 Å². The Kier molecular flexibility index (Phi) is 4.48. The molecule has 124 valence electrons. The van der Waals surface area contributed by atoms with Crippen LogP contribution < -0.4 is 5.32 Å². The van der Waals surface area contributed by atoms with Gasteiger partial charge < -0.3 is 15.0 Å². The molecule has 3 rings (SSSR count). The summed E-state index contributed by atoms with van der Waals surface area (Å²) in [5, 5.41) is 12.3.